The van der Waals surface area contributed by atoms with Gasteiger partial charge in [-0.15, -0.1) is 0 Å². The second-order valence-corrected chi connectivity index (χ2v) is 7.06. The average molecular weight is 308 g/mol. The molecule has 0 saturated heterocycles. The third-order valence-corrected chi connectivity index (χ3v) is 5.59. The molecule has 1 nitrogen and oxygen atoms in total. The predicted molar refractivity (Wildman–Crippen MR) is 97.5 cm³/mol. The van der Waals surface area contributed by atoms with Crippen LogP contribution in [0.25, 0.3) is 11.1 Å². The van der Waals surface area contributed by atoms with Gasteiger partial charge >= 0.3 is 0 Å². The minimum absolute atomic E-state index is 0.112. The van der Waals surface area contributed by atoms with Crippen LogP contribution in [0, 0.1) is 12.8 Å². The van der Waals surface area contributed by atoms with Gasteiger partial charge in [-0.1, -0.05) is 55.8 Å². The van der Waals surface area contributed by atoms with Gasteiger partial charge < -0.3 is 5.11 Å². The quantitative estimate of drug-likeness (QED) is 0.752. The van der Waals surface area contributed by atoms with Gasteiger partial charge in [0.1, 0.15) is 0 Å². The maximum atomic E-state index is 9.24. The van der Waals surface area contributed by atoms with E-state index >= 15 is 0 Å². The van der Waals surface area contributed by atoms with Crippen molar-refractivity contribution in [2.24, 2.45) is 5.92 Å². The number of hydrogen-bond donors (Lipinski definition) is 1. The van der Waals surface area contributed by atoms with Crippen LogP contribution in [0.4, 0.5) is 0 Å². The van der Waals surface area contributed by atoms with Crippen molar-refractivity contribution in [3.05, 3.63) is 59.2 Å². The van der Waals surface area contributed by atoms with E-state index in [4.69, 9.17) is 0 Å². The molecule has 23 heavy (non-hydrogen) atoms. The molecule has 1 saturated carbocycles. The summed E-state index contributed by atoms with van der Waals surface area (Å²) in [4.78, 5) is 0. The summed E-state index contributed by atoms with van der Waals surface area (Å²) in [5, 5.41) is 9.24. The Morgan fingerprint density at radius 3 is 2.22 bits per heavy atom. The van der Waals surface area contributed by atoms with Crippen molar-refractivity contribution >= 4 is 0 Å². The Morgan fingerprint density at radius 1 is 0.957 bits per heavy atom. The van der Waals surface area contributed by atoms with E-state index in [1.165, 1.54) is 54.4 Å². The largest absolute Gasteiger partial charge is 0.392 e. The highest BCUT2D eigenvalue weighted by Gasteiger charge is 2.21. The first-order valence-corrected chi connectivity index (χ1v) is 9.02. The van der Waals surface area contributed by atoms with Gasteiger partial charge in [-0.05, 0) is 72.3 Å². The fourth-order valence-corrected chi connectivity index (χ4v) is 3.99. The zero-order valence-corrected chi connectivity index (χ0v) is 14.4. The molecule has 1 fully saturated rings. The molecule has 0 heterocycles. The molecule has 1 aliphatic carbocycles. The first kappa shape index (κ1) is 16.3. The Hall–Kier alpha value is -1.60. The van der Waals surface area contributed by atoms with E-state index in [0.29, 0.717) is 0 Å². The third-order valence-electron chi connectivity index (χ3n) is 5.59. The molecule has 122 valence electrons. The van der Waals surface area contributed by atoms with Crippen molar-refractivity contribution in [1.82, 2.24) is 0 Å². The van der Waals surface area contributed by atoms with Crippen LogP contribution < -0.4 is 0 Å². The van der Waals surface area contributed by atoms with Crippen molar-refractivity contribution in [3.8, 4) is 11.1 Å². The van der Waals surface area contributed by atoms with Crippen molar-refractivity contribution in [3.63, 3.8) is 0 Å². The van der Waals surface area contributed by atoms with E-state index in [1.807, 2.05) is 6.07 Å². The van der Waals surface area contributed by atoms with Gasteiger partial charge in [0.2, 0.25) is 0 Å². The Morgan fingerprint density at radius 2 is 1.65 bits per heavy atom. The molecule has 2 aromatic rings. The molecule has 0 spiro atoms. The summed E-state index contributed by atoms with van der Waals surface area (Å²) in [7, 11) is 0. The van der Waals surface area contributed by atoms with Gasteiger partial charge in [0, 0.05) is 0 Å². The maximum Gasteiger partial charge on any atom is 0.0681 e. The normalized spacial score (nSPS) is 21.3. The molecule has 3 rings (SSSR count). The van der Waals surface area contributed by atoms with Gasteiger partial charge in [-0.2, -0.15) is 0 Å². The van der Waals surface area contributed by atoms with Crippen LogP contribution in [-0.4, -0.2) is 5.11 Å². The second-order valence-electron chi connectivity index (χ2n) is 7.06. The lowest BCUT2D eigenvalue weighted by Crippen LogP contribution is -2.12. The maximum absolute atomic E-state index is 9.24. The second kappa shape index (κ2) is 7.31. The van der Waals surface area contributed by atoms with Crippen molar-refractivity contribution in [2.75, 3.05) is 0 Å². The van der Waals surface area contributed by atoms with Crippen LogP contribution in [-0.2, 0) is 6.61 Å². The van der Waals surface area contributed by atoms with E-state index < -0.39 is 0 Å². The summed E-state index contributed by atoms with van der Waals surface area (Å²) in [6.07, 6.45) is 6.83. The summed E-state index contributed by atoms with van der Waals surface area (Å²) in [6.45, 7) is 4.55. The lowest BCUT2D eigenvalue weighted by Gasteiger charge is -2.28. The summed E-state index contributed by atoms with van der Waals surface area (Å²) in [5.74, 6) is 1.71. The van der Waals surface area contributed by atoms with Crippen molar-refractivity contribution in [2.45, 2.75) is 58.5 Å². The summed E-state index contributed by atoms with van der Waals surface area (Å²) < 4.78 is 0. The van der Waals surface area contributed by atoms with Crippen LogP contribution in [0.5, 0.6) is 0 Å². The van der Waals surface area contributed by atoms with Crippen LogP contribution in [0.15, 0.2) is 42.5 Å². The van der Waals surface area contributed by atoms with Crippen LogP contribution in [0.2, 0.25) is 0 Å². The molecule has 0 aromatic heterocycles. The topological polar surface area (TPSA) is 20.2 Å². The zero-order chi connectivity index (χ0) is 16.2. The third kappa shape index (κ3) is 3.67. The smallest absolute Gasteiger partial charge is 0.0681 e. The Balaban J connectivity index is 1.75. The highest BCUT2D eigenvalue weighted by molar-refractivity contribution is 5.67. The molecule has 0 amide bonds. The Bertz CT molecular complexity index is 634. The van der Waals surface area contributed by atoms with Crippen LogP contribution >= 0.6 is 0 Å². The van der Waals surface area contributed by atoms with Gasteiger partial charge in [-0.3, -0.25) is 0 Å². The first-order valence-electron chi connectivity index (χ1n) is 9.02. The number of hydrogen-bond acceptors (Lipinski definition) is 1. The Kier molecular flexibility index (Phi) is 5.17. The van der Waals surface area contributed by atoms with E-state index in [-0.39, 0.29) is 6.61 Å². The van der Waals surface area contributed by atoms with Gasteiger partial charge in [-0.25, -0.2) is 0 Å². The van der Waals surface area contributed by atoms with E-state index in [0.717, 1.165) is 17.4 Å². The Labute approximate surface area is 140 Å². The van der Waals surface area contributed by atoms with Gasteiger partial charge in [0.15, 0.2) is 0 Å². The van der Waals surface area contributed by atoms with E-state index in [2.05, 4.69) is 50.2 Å². The minimum atomic E-state index is 0.112. The van der Waals surface area contributed by atoms with Crippen LogP contribution in [0.1, 0.15) is 61.6 Å². The molecule has 1 heteroatoms. The highest BCUT2D eigenvalue weighted by Crippen LogP contribution is 2.37. The first-order chi connectivity index (χ1) is 11.2. The summed E-state index contributed by atoms with van der Waals surface area (Å²) in [5.41, 5.74) is 6.26. The van der Waals surface area contributed by atoms with Crippen LogP contribution in [0.3, 0.4) is 0 Å². The van der Waals surface area contributed by atoms with E-state index in [9.17, 15) is 5.11 Å². The lowest BCUT2D eigenvalue weighted by atomic mass is 9.77. The number of benzene rings is 2. The van der Waals surface area contributed by atoms with Gasteiger partial charge in [0.25, 0.3) is 0 Å². The molecular formula is C22H28O. The van der Waals surface area contributed by atoms with E-state index in [1.54, 1.807) is 0 Å². The molecule has 0 atom stereocenters. The fraction of sp³-hybridized carbons (Fsp3) is 0.455. The summed E-state index contributed by atoms with van der Waals surface area (Å²) >= 11 is 0. The zero-order valence-electron chi connectivity index (χ0n) is 14.4. The molecule has 0 unspecified atom stereocenters. The molecular weight excluding hydrogens is 280 g/mol. The molecule has 1 aliphatic rings. The number of aliphatic hydroxyl groups excluding tert-OH is 1. The predicted octanol–water partition coefficient (Wildman–Crippen LogP) is 5.84. The van der Waals surface area contributed by atoms with Crippen molar-refractivity contribution < 1.29 is 5.11 Å². The summed E-state index contributed by atoms with van der Waals surface area (Å²) in [6, 6.07) is 15.4. The monoisotopic (exact) mass is 308 g/mol. The minimum Gasteiger partial charge on any atom is -0.392 e. The number of aliphatic hydroxyl groups is 1. The SMILES string of the molecule is CCC1CCC(c2ccc(-c3ccc(CO)cc3C)cc2)CC1. The molecule has 1 N–H and O–H groups in total. The molecule has 0 radical (unpaired) electrons. The standard InChI is InChI=1S/C22H28O/c1-3-17-4-7-19(8-5-17)20-9-11-21(12-10-20)22-13-6-18(15-23)14-16(22)2/h6,9-14,17,19,23H,3-5,7-8,15H2,1-2H3. The van der Waals surface area contributed by atoms with Crippen molar-refractivity contribution in [1.29, 1.82) is 0 Å². The number of aryl methyl sites for hydroxylation is 1. The average Bonchev–Trinajstić information content (AvgIpc) is 2.62. The fourth-order valence-electron chi connectivity index (χ4n) is 3.99. The molecule has 0 bridgehead atoms. The molecule has 2 aromatic carbocycles. The number of rotatable bonds is 4. The molecule has 0 aliphatic heterocycles. The van der Waals surface area contributed by atoms with Gasteiger partial charge in [0.05, 0.1) is 6.61 Å². The lowest BCUT2D eigenvalue weighted by molar-refractivity contribution is 0.282. The highest BCUT2D eigenvalue weighted by atomic mass is 16.3.